The Morgan fingerprint density at radius 3 is 2.17 bits per heavy atom. The smallest absolute Gasteiger partial charge is 0.261 e. The Morgan fingerprint density at radius 2 is 1.55 bits per heavy atom. The molecule has 6 heteroatoms. The first kappa shape index (κ1) is 19.6. The molecule has 0 bridgehead atoms. The van der Waals surface area contributed by atoms with Crippen LogP contribution in [0.2, 0.25) is 0 Å². The number of rotatable bonds is 6. The van der Waals surface area contributed by atoms with Gasteiger partial charge in [0.1, 0.15) is 17.7 Å². The highest BCUT2D eigenvalue weighted by Crippen LogP contribution is 2.29. The highest BCUT2D eigenvalue weighted by Gasteiger charge is 2.35. The molecule has 0 fully saturated rings. The molecular weight excluding hydrogens is 484 g/mol. The van der Waals surface area contributed by atoms with Crippen LogP contribution in [0.15, 0.2) is 72.8 Å². The van der Waals surface area contributed by atoms with E-state index in [-0.39, 0.29) is 24.2 Å². The quantitative estimate of drug-likeness (QED) is 0.343. The number of ether oxygens (including phenoxy) is 1. The number of amides is 2. The van der Waals surface area contributed by atoms with Crippen molar-refractivity contribution in [2.75, 3.05) is 6.54 Å². The molecular formula is C23H17FINO3. The van der Waals surface area contributed by atoms with Crippen molar-refractivity contribution in [3.05, 3.63) is 98.9 Å². The summed E-state index contributed by atoms with van der Waals surface area (Å²) in [6.07, 6.45) is -0.0409. The van der Waals surface area contributed by atoms with Gasteiger partial charge >= 0.3 is 0 Å². The Balaban J connectivity index is 1.55. The standard InChI is InChI=1S/C23H17FINO3/c24-16-10-8-15(9-11-16)21(29-18-5-3-4-17(25)14-18)12-13-26-22(27)19-6-1-2-7-20(19)23(26)28/h1-11,14,21H,12-13H2. The van der Waals surface area contributed by atoms with Crippen molar-refractivity contribution in [1.29, 1.82) is 0 Å². The third kappa shape index (κ3) is 4.17. The van der Waals surface area contributed by atoms with Crippen LogP contribution in [0.4, 0.5) is 4.39 Å². The lowest BCUT2D eigenvalue weighted by Gasteiger charge is -2.22. The molecule has 0 saturated heterocycles. The van der Waals surface area contributed by atoms with Crippen molar-refractivity contribution >= 4 is 34.4 Å². The van der Waals surface area contributed by atoms with Crippen LogP contribution in [0.25, 0.3) is 0 Å². The summed E-state index contributed by atoms with van der Waals surface area (Å²) in [5.41, 5.74) is 1.63. The summed E-state index contributed by atoms with van der Waals surface area (Å²) in [6, 6.07) is 20.5. The second kappa shape index (κ2) is 8.32. The second-order valence-corrected chi connectivity index (χ2v) is 7.96. The number of hydrogen-bond acceptors (Lipinski definition) is 3. The molecule has 0 saturated carbocycles. The summed E-state index contributed by atoms with van der Waals surface area (Å²) in [6.45, 7) is 0.207. The van der Waals surface area contributed by atoms with Gasteiger partial charge in [-0.05, 0) is 70.6 Å². The zero-order chi connectivity index (χ0) is 20.4. The van der Waals surface area contributed by atoms with E-state index in [1.165, 1.54) is 17.0 Å². The van der Waals surface area contributed by atoms with Crippen molar-refractivity contribution in [2.45, 2.75) is 12.5 Å². The van der Waals surface area contributed by atoms with E-state index in [2.05, 4.69) is 22.6 Å². The summed E-state index contributed by atoms with van der Waals surface area (Å²) in [4.78, 5) is 26.5. The molecule has 3 aromatic carbocycles. The minimum atomic E-state index is -0.432. The number of fused-ring (bicyclic) bond motifs is 1. The number of nitrogens with zero attached hydrogens (tertiary/aromatic N) is 1. The topological polar surface area (TPSA) is 46.6 Å². The molecule has 1 unspecified atom stereocenters. The second-order valence-electron chi connectivity index (χ2n) is 6.71. The SMILES string of the molecule is O=C1c2ccccc2C(=O)N1CCC(Oc1cccc(I)c1)c1ccc(F)cc1. The van der Waals surface area contributed by atoms with Crippen molar-refractivity contribution in [3.8, 4) is 5.75 Å². The van der Waals surface area contributed by atoms with E-state index in [1.807, 2.05) is 24.3 Å². The number of imide groups is 1. The third-order valence-electron chi connectivity index (χ3n) is 4.81. The van der Waals surface area contributed by atoms with Crippen molar-refractivity contribution in [3.63, 3.8) is 0 Å². The molecule has 1 heterocycles. The van der Waals surface area contributed by atoms with Crippen LogP contribution >= 0.6 is 22.6 Å². The predicted molar refractivity (Wildman–Crippen MR) is 115 cm³/mol. The fraction of sp³-hybridized carbons (Fsp3) is 0.130. The molecule has 1 aliphatic heterocycles. The van der Waals surface area contributed by atoms with Gasteiger partial charge < -0.3 is 4.74 Å². The van der Waals surface area contributed by atoms with Crippen molar-refractivity contribution in [2.24, 2.45) is 0 Å². The highest BCUT2D eigenvalue weighted by atomic mass is 127. The largest absolute Gasteiger partial charge is 0.486 e. The third-order valence-corrected chi connectivity index (χ3v) is 5.48. The van der Waals surface area contributed by atoms with E-state index < -0.39 is 6.10 Å². The normalized spacial score (nSPS) is 14.1. The van der Waals surface area contributed by atoms with Gasteiger partial charge in [-0.1, -0.05) is 30.3 Å². The van der Waals surface area contributed by atoms with Gasteiger partial charge in [0, 0.05) is 16.5 Å². The fourth-order valence-corrected chi connectivity index (χ4v) is 3.88. The maximum atomic E-state index is 13.4. The molecule has 0 N–H and O–H groups in total. The molecule has 0 aromatic heterocycles. The van der Waals surface area contributed by atoms with E-state index in [0.717, 1.165) is 9.13 Å². The molecule has 0 radical (unpaired) electrons. The Morgan fingerprint density at radius 1 is 0.897 bits per heavy atom. The average Bonchev–Trinajstić information content (AvgIpc) is 2.96. The first-order chi connectivity index (χ1) is 14.0. The Bertz CT molecular complexity index is 1030. The van der Waals surface area contributed by atoms with E-state index in [0.29, 0.717) is 23.3 Å². The molecule has 146 valence electrons. The molecule has 4 nitrogen and oxygen atoms in total. The Labute approximate surface area is 181 Å². The van der Waals surface area contributed by atoms with Crippen LogP contribution in [-0.2, 0) is 0 Å². The zero-order valence-corrected chi connectivity index (χ0v) is 17.5. The van der Waals surface area contributed by atoms with Gasteiger partial charge in [0.05, 0.1) is 11.1 Å². The number of benzene rings is 3. The Hall–Kier alpha value is -2.74. The van der Waals surface area contributed by atoms with Crippen LogP contribution < -0.4 is 4.74 Å². The number of hydrogen-bond donors (Lipinski definition) is 0. The molecule has 3 aromatic rings. The zero-order valence-electron chi connectivity index (χ0n) is 15.3. The molecule has 2 amide bonds. The lowest BCUT2D eigenvalue weighted by Crippen LogP contribution is -2.32. The molecule has 1 atom stereocenters. The van der Waals surface area contributed by atoms with Gasteiger partial charge in [-0.3, -0.25) is 14.5 Å². The summed E-state index contributed by atoms with van der Waals surface area (Å²) in [7, 11) is 0. The first-order valence-corrected chi connectivity index (χ1v) is 10.2. The molecule has 29 heavy (non-hydrogen) atoms. The van der Waals surface area contributed by atoms with Crippen LogP contribution in [0.3, 0.4) is 0 Å². The number of carbonyl (C=O) groups is 2. The summed E-state index contributed by atoms with van der Waals surface area (Å²) in [5.74, 6) is -0.244. The lowest BCUT2D eigenvalue weighted by molar-refractivity contribution is 0.0629. The minimum absolute atomic E-state index is 0.207. The maximum Gasteiger partial charge on any atom is 0.261 e. The average molecular weight is 501 g/mol. The van der Waals surface area contributed by atoms with Crippen molar-refractivity contribution < 1.29 is 18.7 Å². The van der Waals surface area contributed by atoms with Gasteiger partial charge in [-0.2, -0.15) is 0 Å². The maximum absolute atomic E-state index is 13.4. The van der Waals surface area contributed by atoms with Crippen LogP contribution in [0.1, 0.15) is 38.8 Å². The monoisotopic (exact) mass is 501 g/mol. The molecule has 4 rings (SSSR count). The minimum Gasteiger partial charge on any atom is -0.486 e. The highest BCUT2D eigenvalue weighted by molar-refractivity contribution is 14.1. The van der Waals surface area contributed by atoms with Gasteiger partial charge in [0.15, 0.2) is 0 Å². The van der Waals surface area contributed by atoms with E-state index in [4.69, 9.17) is 4.74 Å². The van der Waals surface area contributed by atoms with Gasteiger partial charge in [-0.25, -0.2) is 4.39 Å². The number of carbonyl (C=O) groups excluding carboxylic acids is 2. The fourth-order valence-electron chi connectivity index (χ4n) is 3.36. The van der Waals surface area contributed by atoms with Crippen molar-refractivity contribution in [1.82, 2.24) is 4.90 Å². The van der Waals surface area contributed by atoms with Crippen LogP contribution in [-0.4, -0.2) is 23.3 Å². The van der Waals surface area contributed by atoms with E-state index in [1.54, 1.807) is 36.4 Å². The Kier molecular flexibility index (Phi) is 5.62. The molecule has 0 aliphatic carbocycles. The lowest BCUT2D eigenvalue weighted by atomic mass is 10.1. The first-order valence-electron chi connectivity index (χ1n) is 9.16. The molecule has 1 aliphatic rings. The molecule has 0 spiro atoms. The van der Waals surface area contributed by atoms with E-state index in [9.17, 15) is 14.0 Å². The predicted octanol–water partition coefficient (Wildman–Crippen LogP) is 5.24. The van der Waals surface area contributed by atoms with Gasteiger partial charge in [0.25, 0.3) is 11.8 Å². The number of halogens is 2. The summed E-state index contributed by atoms with van der Waals surface area (Å²) < 4.78 is 20.6. The van der Waals surface area contributed by atoms with Crippen LogP contribution in [0.5, 0.6) is 5.75 Å². The summed E-state index contributed by atoms with van der Waals surface area (Å²) in [5, 5.41) is 0. The van der Waals surface area contributed by atoms with Crippen LogP contribution in [0, 0.1) is 9.39 Å². The van der Waals surface area contributed by atoms with E-state index >= 15 is 0 Å². The van der Waals surface area contributed by atoms with Gasteiger partial charge in [0.2, 0.25) is 0 Å². The summed E-state index contributed by atoms with van der Waals surface area (Å²) >= 11 is 2.20. The van der Waals surface area contributed by atoms with Gasteiger partial charge in [-0.15, -0.1) is 0 Å².